The molecule has 0 spiro atoms. The fourth-order valence-corrected chi connectivity index (χ4v) is 8.93. The molecular weight excluding hydrogens is 356 g/mol. The van der Waals surface area contributed by atoms with Gasteiger partial charge in [0, 0.05) is 12.3 Å². The Labute approximate surface area is 179 Å². The summed E-state index contributed by atoms with van der Waals surface area (Å²) in [7, 11) is 0. The third kappa shape index (κ3) is 3.64. The van der Waals surface area contributed by atoms with Crippen molar-refractivity contribution in [1.82, 2.24) is 0 Å². The molecule has 0 aliphatic heterocycles. The van der Waals surface area contributed by atoms with Crippen LogP contribution in [0.2, 0.25) is 0 Å². The average Bonchev–Trinajstić information content (AvgIpc) is 3.00. The number of ketones is 1. The summed E-state index contributed by atoms with van der Waals surface area (Å²) < 4.78 is 0. The van der Waals surface area contributed by atoms with Crippen LogP contribution in [0.15, 0.2) is 0 Å². The van der Waals surface area contributed by atoms with Crippen LogP contribution >= 0.6 is 0 Å². The van der Waals surface area contributed by atoms with E-state index in [2.05, 4.69) is 34.6 Å². The van der Waals surface area contributed by atoms with E-state index in [9.17, 15) is 9.90 Å². The van der Waals surface area contributed by atoms with Gasteiger partial charge in [0.2, 0.25) is 0 Å². The molecule has 0 radical (unpaired) electrons. The van der Waals surface area contributed by atoms with Crippen LogP contribution in [0.25, 0.3) is 0 Å². The first-order chi connectivity index (χ1) is 13.7. The normalized spacial score (nSPS) is 48.2. The highest BCUT2D eigenvalue weighted by atomic mass is 16.3. The summed E-state index contributed by atoms with van der Waals surface area (Å²) in [6.07, 6.45) is 12.8. The van der Waals surface area contributed by atoms with E-state index >= 15 is 0 Å². The molecule has 29 heavy (non-hydrogen) atoms. The standard InChI is InChI=1S/C27H46O2/c1-17(2)7-6-8-18(3)21-9-10-22-25-23(12-14-27(21,22)5)26(4)13-11-20(28)15-19(26)16-24(25)29/h17-23,25,28H,6-16H2,1-5H3/t18-,19-,20-,21-,22+,23+,25+,26+,27-/m1/s1. The molecule has 0 bridgehead atoms. The van der Waals surface area contributed by atoms with Gasteiger partial charge in [-0.25, -0.2) is 0 Å². The number of hydrogen-bond donors (Lipinski definition) is 1. The Morgan fingerprint density at radius 1 is 0.966 bits per heavy atom. The Morgan fingerprint density at radius 2 is 1.66 bits per heavy atom. The summed E-state index contributed by atoms with van der Waals surface area (Å²) in [4.78, 5) is 13.5. The molecule has 4 rings (SSSR count). The van der Waals surface area contributed by atoms with Gasteiger partial charge in [0.15, 0.2) is 0 Å². The van der Waals surface area contributed by atoms with E-state index in [1.54, 1.807) is 0 Å². The molecule has 0 heterocycles. The average molecular weight is 403 g/mol. The summed E-state index contributed by atoms with van der Waals surface area (Å²) in [5.74, 6) is 4.93. The van der Waals surface area contributed by atoms with Crippen molar-refractivity contribution in [1.29, 1.82) is 0 Å². The van der Waals surface area contributed by atoms with Gasteiger partial charge < -0.3 is 5.11 Å². The van der Waals surface area contributed by atoms with E-state index in [4.69, 9.17) is 0 Å². The zero-order chi connectivity index (χ0) is 21.0. The summed E-state index contributed by atoms with van der Waals surface area (Å²) >= 11 is 0. The molecule has 0 aromatic rings. The molecular formula is C27H46O2. The number of carbonyl (C=O) groups excluding carboxylic acids is 1. The Morgan fingerprint density at radius 3 is 2.38 bits per heavy atom. The molecule has 0 aromatic carbocycles. The van der Waals surface area contributed by atoms with Crippen molar-refractivity contribution in [3.8, 4) is 0 Å². The molecule has 166 valence electrons. The molecule has 0 amide bonds. The predicted molar refractivity (Wildman–Crippen MR) is 119 cm³/mol. The fraction of sp³-hybridized carbons (Fsp3) is 0.963. The van der Waals surface area contributed by atoms with Crippen LogP contribution in [0.4, 0.5) is 0 Å². The fourth-order valence-electron chi connectivity index (χ4n) is 8.93. The van der Waals surface area contributed by atoms with E-state index in [1.165, 1.54) is 44.9 Å². The number of hydrogen-bond acceptors (Lipinski definition) is 2. The van der Waals surface area contributed by atoms with Gasteiger partial charge >= 0.3 is 0 Å². The van der Waals surface area contributed by atoms with Crippen LogP contribution in [0.1, 0.15) is 105 Å². The summed E-state index contributed by atoms with van der Waals surface area (Å²) in [6.45, 7) is 12.2. The van der Waals surface area contributed by atoms with Crippen molar-refractivity contribution in [2.24, 2.45) is 52.3 Å². The lowest BCUT2D eigenvalue weighted by Crippen LogP contribution is -2.57. The maximum atomic E-state index is 13.5. The number of carbonyl (C=O) groups is 1. The lowest BCUT2D eigenvalue weighted by molar-refractivity contribution is -0.160. The van der Waals surface area contributed by atoms with Crippen molar-refractivity contribution in [3.63, 3.8) is 0 Å². The Kier molecular flexibility index (Phi) is 5.99. The SMILES string of the molecule is CC(C)CCC[C@@H](C)[C@H]1CC[C@H]2[C@@H]3C(=O)C[C@H]4C[C@H](O)CC[C@]4(C)[C@H]3CC[C@]12C. The Balaban J connectivity index is 1.51. The molecule has 2 heteroatoms. The highest BCUT2D eigenvalue weighted by molar-refractivity contribution is 5.83. The van der Waals surface area contributed by atoms with Crippen molar-refractivity contribution in [3.05, 3.63) is 0 Å². The van der Waals surface area contributed by atoms with Crippen LogP contribution in [-0.4, -0.2) is 17.0 Å². The smallest absolute Gasteiger partial charge is 0.136 e. The molecule has 0 aromatic heterocycles. The molecule has 4 aliphatic carbocycles. The Hall–Kier alpha value is -0.370. The lowest BCUT2D eigenvalue weighted by atomic mass is 9.44. The van der Waals surface area contributed by atoms with E-state index in [-0.39, 0.29) is 6.10 Å². The van der Waals surface area contributed by atoms with Gasteiger partial charge in [0.25, 0.3) is 0 Å². The molecule has 2 nitrogen and oxygen atoms in total. The van der Waals surface area contributed by atoms with Crippen molar-refractivity contribution in [2.45, 2.75) is 111 Å². The Bertz CT molecular complexity index is 612. The first-order valence-electron chi connectivity index (χ1n) is 12.9. The highest BCUT2D eigenvalue weighted by Gasteiger charge is 2.62. The number of Topliss-reactive ketones (excluding diaryl/α,β-unsaturated/α-hetero) is 1. The van der Waals surface area contributed by atoms with Gasteiger partial charge in [-0.15, -0.1) is 0 Å². The van der Waals surface area contributed by atoms with Gasteiger partial charge in [-0.2, -0.15) is 0 Å². The second-order valence-corrected chi connectivity index (χ2v) is 12.6. The minimum Gasteiger partial charge on any atom is -0.393 e. The summed E-state index contributed by atoms with van der Waals surface area (Å²) in [6, 6.07) is 0. The highest BCUT2D eigenvalue weighted by Crippen LogP contribution is 2.67. The van der Waals surface area contributed by atoms with Gasteiger partial charge in [-0.1, -0.05) is 53.9 Å². The third-order valence-corrected chi connectivity index (χ3v) is 10.6. The second-order valence-electron chi connectivity index (χ2n) is 12.6. The molecule has 4 aliphatic rings. The van der Waals surface area contributed by atoms with Crippen molar-refractivity contribution < 1.29 is 9.90 Å². The zero-order valence-corrected chi connectivity index (χ0v) is 19.8. The van der Waals surface area contributed by atoms with Crippen LogP contribution < -0.4 is 0 Å². The molecule has 1 N–H and O–H groups in total. The van der Waals surface area contributed by atoms with E-state index < -0.39 is 0 Å². The largest absolute Gasteiger partial charge is 0.393 e. The molecule has 9 atom stereocenters. The maximum absolute atomic E-state index is 13.5. The number of aliphatic hydroxyl groups excluding tert-OH is 1. The monoisotopic (exact) mass is 402 g/mol. The lowest BCUT2D eigenvalue weighted by Gasteiger charge is -2.60. The van der Waals surface area contributed by atoms with Crippen LogP contribution in [-0.2, 0) is 4.79 Å². The van der Waals surface area contributed by atoms with Crippen LogP contribution in [0, 0.1) is 52.3 Å². The minimum absolute atomic E-state index is 0.172. The topological polar surface area (TPSA) is 37.3 Å². The van der Waals surface area contributed by atoms with E-state index in [0.717, 1.165) is 43.4 Å². The van der Waals surface area contributed by atoms with Crippen LogP contribution in [0.3, 0.4) is 0 Å². The van der Waals surface area contributed by atoms with E-state index in [1.807, 2.05) is 0 Å². The minimum atomic E-state index is -0.172. The molecule has 0 unspecified atom stereocenters. The predicted octanol–water partition coefficient (Wildman–Crippen LogP) is 6.65. The molecule has 4 fully saturated rings. The second kappa shape index (κ2) is 7.95. The first-order valence-corrected chi connectivity index (χ1v) is 12.9. The third-order valence-electron chi connectivity index (χ3n) is 10.6. The van der Waals surface area contributed by atoms with Crippen LogP contribution in [0.5, 0.6) is 0 Å². The zero-order valence-electron chi connectivity index (χ0n) is 19.8. The van der Waals surface area contributed by atoms with Gasteiger partial charge in [-0.05, 0) is 91.3 Å². The maximum Gasteiger partial charge on any atom is 0.136 e. The van der Waals surface area contributed by atoms with Gasteiger partial charge in [0.05, 0.1) is 6.10 Å². The summed E-state index contributed by atoms with van der Waals surface area (Å²) in [5.41, 5.74) is 0.672. The van der Waals surface area contributed by atoms with Crippen molar-refractivity contribution >= 4 is 5.78 Å². The molecule has 4 saturated carbocycles. The number of fused-ring (bicyclic) bond motifs is 5. The molecule has 0 saturated heterocycles. The van der Waals surface area contributed by atoms with Crippen molar-refractivity contribution in [2.75, 3.05) is 0 Å². The first kappa shape index (κ1) is 21.8. The number of rotatable bonds is 5. The summed E-state index contributed by atoms with van der Waals surface area (Å²) in [5, 5.41) is 10.2. The van der Waals surface area contributed by atoms with Gasteiger partial charge in [-0.3, -0.25) is 4.79 Å². The number of aliphatic hydroxyl groups is 1. The van der Waals surface area contributed by atoms with E-state index in [0.29, 0.717) is 40.3 Å². The quantitative estimate of drug-likeness (QED) is 0.559. The van der Waals surface area contributed by atoms with Gasteiger partial charge in [0.1, 0.15) is 5.78 Å².